The molecule has 2 N–H and O–H groups in total. The molecular formula is C47H63FN10O5. The lowest BCUT2D eigenvalue weighted by Gasteiger charge is -2.50. The van der Waals surface area contributed by atoms with Gasteiger partial charge in [0.1, 0.15) is 35.2 Å². The second-order valence-electron chi connectivity index (χ2n) is 19.6. The predicted molar refractivity (Wildman–Crippen MR) is 241 cm³/mol. The van der Waals surface area contributed by atoms with Gasteiger partial charge in [0.2, 0.25) is 11.8 Å². The van der Waals surface area contributed by atoms with E-state index in [1.165, 1.54) is 6.07 Å². The zero-order chi connectivity index (χ0) is 43.6. The van der Waals surface area contributed by atoms with Gasteiger partial charge in [-0.1, -0.05) is 0 Å². The third kappa shape index (κ3) is 8.20. The third-order valence-corrected chi connectivity index (χ3v) is 14.7. The normalized spacial score (nSPS) is 23.3. The summed E-state index contributed by atoms with van der Waals surface area (Å²) in [7, 11) is 1.65. The Labute approximate surface area is 370 Å². The molecule has 7 heterocycles. The lowest BCUT2D eigenvalue weighted by Crippen LogP contribution is -2.61. The third-order valence-electron chi connectivity index (χ3n) is 14.7. The lowest BCUT2D eigenvalue weighted by molar-refractivity contribution is -0.136. The number of hydrogen-bond acceptors (Lipinski definition) is 12. The fourth-order valence-corrected chi connectivity index (χ4v) is 10.7. The molecule has 63 heavy (non-hydrogen) atoms. The highest BCUT2D eigenvalue weighted by atomic mass is 19.1. The smallest absolute Gasteiger partial charge is 0.255 e. The maximum absolute atomic E-state index is 14.9. The van der Waals surface area contributed by atoms with Crippen molar-refractivity contribution in [3.8, 4) is 22.9 Å². The molecule has 3 amide bonds. The summed E-state index contributed by atoms with van der Waals surface area (Å²) in [5, 5.41) is 10.7. The van der Waals surface area contributed by atoms with Gasteiger partial charge in [-0.3, -0.25) is 34.6 Å². The minimum Gasteiger partial charge on any atom is -0.494 e. The van der Waals surface area contributed by atoms with Crippen molar-refractivity contribution in [3.05, 3.63) is 53.6 Å². The first-order chi connectivity index (χ1) is 30.3. The van der Waals surface area contributed by atoms with E-state index >= 15 is 0 Å². The summed E-state index contributed by atoms with van der Waals surface area (Å²) in [6.45, 7) is 16.2. The molecule has 2 aromatic heterocycles. The largest absolute Gasteiger partial charge is 0.494 e. The molecule has 15 nitrogen and oxygen atoms in total. The molecule has 4 aromatic rings. The van der Waals surface area contributed by atoms with E-state index in [0.29, 0.717) is 53.0 Å². The molecule has 5 aliphatic heterocycles. The van der Waals surface area contributed by atoms with Crippen molar-refractivity contribution in [2.75, 3.05) is 75.8 Å². The number of rotatable bonds is 11. The molecule has 2 aromatic carbocycles. The molecule has 6 aliphatic rings. The van der Waals surface area contributed by atoms with Gasteiger partial charge < -0.3 is 24.2 Å². The number of nitrogens with one attached hydrogen (secondary N) is 2. The van der Waals surface area contributed by atoms with Crippen LogP contribution in [0.2, 0.25) is 0 Å². The Morgan fingerprint density at radius 2 is 1.63 bits per heavy atom. The van der Waals surface area contributed by atoms with Crippen LogP contribution >= 0.6 is 0 Å². The number of ether oxygens (including phenoxy) is 2. The van der Waals surface area contributed by atoms with Gasteiger partial charge in [-0.25, -0.2) is 14.4 Å². The second kappa shape index (κ2) is 16.3. The van der Waals surface area contributed by atoms with Gasteiger partial charge in [0.15, 0.2) is 11.6 Å². The second-order valence-corrected chi connectivity index (χ2v) is 19.6. The Hall–Kier alpha value is -5.35. The van der Waals surface area contributed by atoms with Crippen LogP contribution in [0.5, 0.6) is 11.5 Å². The minimum atomic E-state index is -0.652. The minimum absolute atomic E-state index is 0. The SMILES string of the molecule is COc1c(N2CCC(CN3CCN(CC4CCN(c5cc(-c6n[nH]c7cc(F)c(OC8(C)CC8)cc67)ncn5)CC4)C(C)(C)C3)CC2)ccc2c1CN(C1CCC(=O)NC1=O)C2=O.[HH].[HH]. The van der Waals surface area contributed by atoms with Gasteiger partial charge in [0.05, 0.1) is 30.6 Å². The number of H-pyrrole nitrogens is 1. The number of imide groups is 1. The molecule has 16 heteroatoms. The van der Waals surface area contributed by atoms with Crippen LogP contribution in [0.1, 0.15) is 90.9 Å². The maximum atomic E-state index is 14.9. The van der Waals surface area contributed by atoms with Crippen molar-refractivity contribution in [3.63, 3.8) is 0 Å². The van der Waals surface area contributed by atoms with E-state index in [-0.39, 0.29) is 38.0 Å². The number of carbonyl (C=O) groups excluding carboxylic acids is 3. The van der Waals surface area contributed by atoms with Gasteiger partial charge in [0, 0.05) is 102 Å². The fourth-order valence-electron chi connectivity index (χ4n) is 10.7. The highest BCUT2D eigenvalue weighted by molar-refractivity contribution is 6.06. The topological polar surface area (TPSA) is 152 Å². The summed E-state index contributed by atoms with van der Waals surface area (Å²) in [6, 6.07) is 8.42. The van der Waals surface area contributed by atoms with E-state index in [2.05, 4.69) is 58.9 Å². The Morgan fingerprint density at radius 1 is 0.889 bits per heavy atom. The van der Waals surface area contributed by atoms with Crippen molar-refractivity contribution in [2.45, 2.75) is 95.9 Å². The van der Waals surface area contributed by atoms with Gasteiger partial charge in [-0.05, 0) is 95.8 Å². The van der Waals surface area contributed by atoms with Crippen LogP contribution in [0.3, 0.4) is 0 Å². The van der Waals surface area contributed by atoms with Crippen molar-refractivity contribution in [1.29, 1.82) is 0 Å². The molecule has 1 atom stereocenters. The number of hydrogen-bond donors (Lipinski definition) is 2. The Bertz CT molecular complexity index is 2430. The summed E-state index contributed by atoms with van der Waals surface area (Å²) < 4.78 is 26.8. The highest BCUT2D eigenvalue weighted by Crippen LogP contribution is 2.43. The van der Waals surface area contributed by atoms with Crippen LogP contribution in [0.15, 0.2) is 36.7 Å². The van der Waals surface area contributed by atoms with Crippen molar-refractivity contribution >= 4 is 40.1 Å². The number of methoxy groups -OCH3 is 1. The Balaban J connectivity index is 0.00000288. The quantitative estimate of drug-likeness (QED) is 0.173. The summed E-state index contributed by atoms with van der Waals surface area (Å²) in [5.41, 5.74) is 4.15. The predicted octanol–water partition coefficient (Wildman–Crippen LogP) is 5.88. The molecule has 5 fully saturated rings. The average Bonchev–Trinajstić information content (AvgIpc) is 3.71. The molecule has 1 unspecified atom stereocenters. The zero-order valence-electron chi connectivity index (χ0n) is 36.9. The Kier molecular flexibility index (Phi) is 10.8. The monoisotopic (exact) mass is 866 g/mol. The van der Waals surface area contributed by atoms with Gasteiger partial charge in [-0.15, -0.1) is 0 Å². The van der Waals surface area contributed by atoms with Gasteiger partial charge in [-0.2, -0.15) is 5.10 Å². The first kappa shape index (κ1) is 41.6. The van der Waals surface area contributed by atoms with Crippen LogP contribution < -0.4 is 24.6 Å². The molecule has 0 radical (unpaired) electrons. The number of amides is 3. The first-order valence-corrected chi connectivity index (χ1v) is 22.9. The van der Waals surface area contributed by atoms with Crippen LogP contribution in [-0.2, 0) is 16.1 Å². The number of carbonyl (C=O) groups is 3. The van der Waals surface area contributed by atoms with Crippen molar-refractivity contribution in [2.24, 2.45) is 11.8 Å². The van der Waals surface area contributed by atoms with E-state index in [0.717, 1.165) is 120 Å². The van der Waals surface area contributed by atoms with Crippen molar-refractivity contribution in [1.82, 2.24) is 40.2 Å². The number of piperidine rings is 3. The van der Waals surface area contributed by atoms with Crippen LogP contribution in [0.25, 0.3) is 22.3 Å². The summed E-state index contributed by atoms with van der Waals surface area (Å²) in [6.07, 6.45) is 8.38. The van der Waals surface area contributed by atoms with E-state index in [1.54, 1.807) is 24.4 Å². The number of benzene rings is 2. The number of halogens is 1. The molecule has 4 saturated heterocycles. The summed E-state index contributed by atoms with van der Waals surface area (Å²) in [5.74, 6) is 1.80. The van der Waals surface area contributed by atoms with Crippen LogP contribution in [-0.4, -0.2) is 136 Å². The van der Waals surface area contributed by atoms with E-state index in [9.17, 15) is 18.8 Å². The van der Waals surface area contributed by atoms with Crippen LogP contribution in [0.4, 0.5) is 15.9 Å². The molecule has 0 spiro atoms. The molecule has 338 valence electrons. The number of aromatic amines is 1. The molecule has 1 aliphatic carbocycles. The number of nitrogens with zero attached hydrogens (tertiary/aromatic N) is 8. The molecule has 10 rings (SSSR count). The first-order valence-electron chi connectivity index (χ1n) is 22.9. The van der Waals surface area contributed by atoms with Gasteiger partial charge >= 0.3 is 0 Å². The van der Waals surface area contributed by atoms with E-state index in [4.69, 9.17) is 9.47 Å². The Morgan fingerprint density at radius 3 is 2.35 bits per heavy atom. The van der Waals surface area contributed by atoms with E-state index < -0.39 is 17.8 Å². The summed E-state index contributed by atoms with van der Waals surface area (Å²) >= 11 is 0. The number of anilines is 2. The number of aromatic nitrogens is 4. The molecular weight excluding hydrogens is 804 g/mol. The molecule has 0 bridgehead atoms. The maximum Gasteiger partial charge on any atom is 0.255 e. The molecule has 1 saturated carbocycles. The van der Waals surface area contributed by atoms with Crippen LogP contribution in [0, 0.1) is 17.7 Å². The van der Waals surface area contributed by atoms with Gasteiger partial charge in [0.25, 0.3) is 5.91 Å². The lowest BCUT2D eigenvalue weighted by atomic mass is 9.90. The number of piperazine rings is 1. The average molecular weight is 867 g/mol. The zero-order valence-corrected chi connectivity index (χ0v) is 36.9. The number of fused-ring (bicyclic) bond motifs is 2. The standard InChI is InChI=1S/C47H59FN10O5.2H2/c1-46(2)27-54(24-29-9-15-55(16-10-29)37-6-5-31-33(43(37)62-4)26-58(45(31)61)38-7-8-41(59)51-44(38)60)19-20-57(46)25-30-11-17-56(18-12-30)40-23-36(49-28-50-40)42-32-21-39(63-47(3)13-14-47)34(48)22-35(32)52-53-42;;/h5-6,21-23,28-30,38H,7-20,24-27H2,1-4H3,(H,52,53)(H,51,59,60);2*1H. The van der Waals surface area contributed by atoms with Crippen molar-refractivity contribution < 1.29 is 31.1 Å². The summed E-state index contributed by atoms with van der Waals surface area (Å²) in [4.78, 5) is 58.7. The fraction of sp³-hybridized carbons (Fsp3) is 0.574. The van der Waals surface area contributed by atoms with E-state index in [1.807, 2.05) is 25.1 Å². The highest BCUT2D eigenvalue weighted by Gasteiger charge is 2.43.